The summed E-state index contributed by atoms with van der Waals surface area (Å²) in [6, 6.07) is 7.88. The van der Waals surface area contributed by atoms with Crippen LogP contribution in [0.1, 0.15) is 18.2 Å². The van der Waals surface area contributed by atoms with Crippen LogP contribution in [-0.4, -0.2) is 9.97 Å². The molecule has 0 spiro atoms. The van der Waals surface area contributed by atoms with Crippen LogP contribution in [0.15, 0.2) is 28.7 Å². The van der Waals surface area contributed by atoms with Gasteiger partial charge in [0.25, 0.3) is 0 Å². The summed E-state index contributed by atoms with van der Waals surface area (Å²) in [5, 5.41) is 0. The lowest BCUT2D eigenvalue weighted by atomic mass is 10.1. The molecule has 0 aliphatic heterocycles. The molecular formula is C13H15BrN4. The van der Waals surface area contributed by atoms with Gasteiger partial charge in [-0.15, -0.1) is 0 Å². The normalized spacial score (nSPS) is 10.4. The van der Waals surface area contributed by atoms with Crippen molar-refractivity contribution in [3.8, 4) is 11.4 Å². The van der Waals surface area contributed by atoms with Crippen LogP contribution >= 0.6 is 15.9 Å². The molecule has 4 nitrogen and oxygen atoms in total. The first-order valence-corrected chi connectivity index (χ1v) is 6.55. The maximum absolute atomic E-state index is 5.51. The minimum atomic E-state index is 0.674. The molecule has 3 N–H and O–H groups in total. The average Bonchev–Trinajstić information content (AvgIpc) is 2.40. The van der Waals surface area contributed by atoms with Crippen LogP contribution < -0.4 is 11.3 Å². The van der Waals surface area contributed by atoms with Crippen LogP contribution in [0.4, 0.5) is 5.82 Å². The number of halogens is 1. The van der Waals surface area contributed by atoms with E-state index in [2.05, 4.69) is 38.2 Å². The number of anilines is 1. The van der Waals surface area contributed by atoms with E-state index in [9.17, 15) is 0 Å². The Morgan fingerprint density at radius 3 is 2.61 bits per heavy atom. The van der Waals surface area contributed by atoms with Gasteiger partial charge < -0.3 is 5.43 Å². The lowest BCUT2D eigenvalue weighted by molar-refractivity contribution is 0.973. The molecule has 5 heteroatoms. The third-order valence-corrected chi connectivity index (χ3v) is 3.52. The van der Waals surface area contributed by atoms with Gasteiger partial charge in [-0.25, -0.2) is 15.8 Å². The summed E-state index contributed by atoms with van der Waals surface area (Å²) in [7, 11) is 0. The monoisotopic (exact) mass is 306 g/mol. The zero-order valence-electron chi connectivity index (χ0n) is 10.4. The number of rotatable bonds is 3. The van der Waals surface area contributed by atoms with E-state index in [-0.39, 0.29) is 0 Å². The van der Waals surface area contributed by atoms with E-state index in [1.807, 2.05) is 31.2 Å². The molecule has 0 aliphatic carbocycles. The molecule has 2 aromatic rings. The molecule has 0 aliphatic rings. The molecule has 0 radical (unpaired) electrons. The third-order valence-electron chi connectivity index (χ3n) is 2.83. The Kier molecular flexibility index (Phi) is 3.93. The lowest BCUT2D eigenvalue weighted by Crippen LogP contribution is -2.13. The smallest absolute Gasteiger partial charge is 0.162 e. The number of hydrogen-bond donors (Lipinski definition) is 2. The largest absolute Gasteiger partial charge is 0.308 e. The summed E-state index contributed by atoms with van der Waals surface area (Å²) >= 11 is 3.51. The molecule has 94 valence electrons. The molecule has 0 saturated carbocycles. The van der Waals surface area contributed by atoms with E-state index in [0.29, 0.717) is 11.6 Å². The molecule has 0 bridgehead atoms. The zero-order valence-corrected chi connectivity index (χ0v) is 12.0. The number of nitrogen functional groups attached to an aromatic ring is 1. The number of aryl methyl sites for hydroxylation is 1. The number of nitrogens with zero attached hydrogens (tertiary/aromatic N) is 2. The number of hydrogen-bond acceptors (Lipinski definition) is 4. The topological polar surface area (TPSA) is 63.8 Å². The first-order chi connectivity index (χ1) is 8.67. The van der Waals surface area contributed by atoms with Gasteiger partial charge in [0.05, 0.1) is 0 Å². The third kappa shape index (κ3) is 2.37. The van der Waals surface area contributed by atoms with Crippen LogP contribution in [0.5, 0.6) is 0 Å². The van der Waals surface area contributed by atoms with Crippen LogP contribution in [0.3, 0.4) is 0 Å². The standard InChI is InChI=1S/C13H15BrN4/c1-3-11-8(2)12(18-15)17-13(16-11)9-6-4-5-7-10(9)14/h4-7H,3,15H2,1-2H3,(H,16,17,18). The summed E-state index contributed by atoms with van der Waals surface area (Å²) < 4.78 is 0.971. The average molecular weight is 307 g/mol. The Labute approximate surface area is 115 Å². The van der Waals surface area contributed by atoms with Crippen molar-refractivity contribution < 1.29 is 0 Å². The number of hydrazine groups is 1. The number of nitrogens with one attached hydrogen (secondary N) is 1. The second kappa shape index (κ2) is 5.46. The molecule has 1 heterocycles. The van der Waals surface area contributed by atoms with Gasteiger partial charge in [-0.3, -0.25) is 0 Å². The molecule has 0 atom stereocenters. The Bertz CT molecular complexity index is 544. The molecule has 1 aromatic carbocycles. The van der Waals surface area contributed by atoms with Gasteiger partial charge in [0.15, 0.2) is 5.82 Å². The van der Waals surface area contributed by atoms with Crippen molar-refractivity contribution in [2.45, 2.75) is 20.3 Å². The number of aromatic nitrogens is 2. The first kappa shape index (κ1) is 13.0. The number of benzene rings is 1. The molecule has 0 fully saturated rings. The quantitative estimate of drug-likeness (QED) is 0.676. The molecular weight excluding hydrogens is 292 g/mol. The van der Waals surface area contributed by atoms with Crippen molar-refractivity contribution in [3.05, 3.63) is 40.0 Å². The van der Waals surface area contributed by atoms with Crippen molar-refractivity contribution in [1.29, 1.82) is 0 Å². The Balaban J connectivity index is 2.62. The van der Waals surface area contributed by atoms with Crippen LogP contribution in [0.25, 0.3) is 11.4 Å². The van der Waals surface area contributed by atoms with E-state index in [4.69, 9.17) is 5.84 Å². The highest BCUT2D eigenvalue weighted by Gasteiger charge is 2.12. The Morgan fingerprint density at radius 1 is 1.28 bits per heavy atom. The first-order valence-electron chi connectivity index (χ1n) is 5.76. The summed E-state index contributed by atoms with van der Waals surface area (Å²) in [5.41, 5.74) is 5.59. The SMILES string of the molecule is CCc1nc(-c2ccccc2Br)nc(NN)c1C. The maximum Gasteiger partial charge on any atom is 0.162 e. The predicted octanol–water partition coefficient (Wildman–Crippen LogP) is 3.06. The molecule has 0 amide bonds. The minimum absolute atomic E-state index is 0.674. The lowest BCUT2D eigenvalue weighted by Gasteiger charge is -2.11. The molecule has 0 saturated heterocycles. The van der Waals surface area contributed by atoms with E-state index in [1.165, 1.54) is 0 Å². The fourth-order valence-corrected chi connectivity index (χ4v) is 2.27. The van der Waals surface area contributed by atoms with Crippen molar-refractivity contribution in [2.75, 3.05) is 5.43 Å². The van der Waals surface area contributed by atoms with Gasteiger partial charge in [-0.1, -0.05) is 41.1 Å². The summed E-state index contributed by atoms with van der Waals surface area (Å²) in [5.74, 6) is 6.86. The van der Waals surface area contributed by atoms with Crippen molar-refractivity contribution in [2.24, 2.45) is 5.84 Å². The minimum Gasteiger partial charge on any atom is -0.308 e. The summed E-state index contributed by atoms with van der Waals surface area (Å²) in [6.45, 7) is 4.04. The second-order valence-electron chi connectivity index (χ2n) is 3.95. The van der Waals surface area contributed by atoms with Crippen LogP contribution in [0.2, 0.25) is 0 Å². The van der Waals surface area contributed by atoms with E-state index >= 15 is 0 Å². The fraction of sp³-hybridized carbons (Fsp3) is 0.231. The van der Waals surface area contributed by atoms with Gasteiger partial charge >= 0.3 is 0 Å². The Morgan fingerprint density at radius 2 is 2.00 bits per heavy atom. The second-order valence-corrected chi connectivity index (χ2v) is 4.80. The number of nitrogens with two attached hydrogens (primary N) is 1. The molecule has 1 aromatic heterocycles. The highest BCUT2D eigenvalue weighted by Crippen LogP contribution is 2.27. The van der Waals surface area contributed by atoms with Crippen molar-refractivity contribution >= 4 is 21.7 Å². The van der Waals surface area contributed by atoms with Crippen molar-refractivity contribution in [3.63, 3.8) is 0 Å². The molecule has 18 heavy (non-hydrogen) atoms. The van der Waals surface area contributed by atoms with Gasteiger partial charge in [0, 0.05) is 21.3 Å². The Hall–Kier alpha value is -1.46. The molecule has 0 unspecified atom stereocenters. The van der Waals surface area contributed by atoms with Gasteiger partial charge in [0.2, 0.25) is 0 Å². The van der Waals surface area contributed by atoms with E-state index < -0.39 is 0 Å². The highest BCUT2D eigenvalue weighted by atomic mass is 79.9. The summed E-state index contributed by atoms with van der Waals surface area (Å²) in [6.07, 6.45) is 0.848. The van der Waals surface area contributed by atoms with Gasteiger partial charge in [0.1, 0.15) is 5.82 Å². The summed E-state index contributed by atoms with van der Waals surface area (Å²) in [4.78, 5) is 9.05. The predicted molar refractivity (Wildman–Crippen MR) is 77.1 cm³/mol. The zero-order chi connectivity index (χ0) is 13.1. The maximum atomic E-state index is 5.51. The van der Waals surface area contributed by atoms with E-state index in [0.717, 1.165) is 27.7 Å². The van der Waals surface area contributed by atoms with Gasteiger partial charge in [-0.05, 0) is 19.4 Å². The fourth-order valence-electron chi connectivity index (χ4n) is 1.81. The molecule has 2 rings (SSSR count). The van der Waals surface area contributed by atoms with Crippen LogP contribution in [0, 0.1) is 6.92 Å². The van der Waals surface area contributed by atoms with Crippen LogP contribution in [-0.2, 0) is 6.42 Å². The van der Waals surface area contributed by atoms with Gasteiger partial charge in [-0.2, -0.15) is 0 Å². The highest BCUT2D eigenvalue weighted by molar-refractivity contribution is 9.10. The van der Waals surface area contributed by atoms with E-state index in [1.54, 1.807) is 0 Å². The van der Waals surface area contributed by atoms with Crippen molar-refractivity contribution in [1.82, 2.24) is 9.97 Å².